The van der Waals surface area contributed by atoms with Crippen molar-refractivity contribution in [3.63, 3.8) is 0 Å². The van der Waals surface area contributed by atoms with E-state index in [2.05, 4.69) is 127 Å². The van der Waals surface area contributed by atoms with Crippen molar-refractivity contribution in [3.05, 3.63) is 240 Å². The van der Waals surface area contributed by atoms with Crippen molar-refractivity contribution in [2.45, 2.75) is 33.9 Å². The topological polar surface area (TPSA) is 33.6 Å². The number of rotatable bonds is 7. The summed E-state index contributed by atoms with van der Waals surface area (Å²) >= 11 is 0. The van der Waals surface area contributed by atoms with E-state index in [1.165, 1.54) is 6.07 Å². The molecule has 0 bridgehead atoms. The van der Waals surface area contributed by atoms with Gasteiger partial charge in [-0.05, 0) is 126 Å². The second-order valence-corrected chi connectivity index (χ2v) is 19.1. The number of aromatic nitrogens is 2. The van der Waals surface area contributed by atoms with E-state index in [9.17, 15) is 5.26 Å². The Morgan fingerprint density at radius 2 is 0.681 bits per heavy atom. The average molecular weight is 938 g/mol. The minimum Gasteiger partial charge on any atom is -0.309 e. The number of fused-ring (bicyclic) bond motifs is 6. The summed E-state index contributed by atoms with van der Waals surface area (Å²) in [7, 11) is 0. The lowest BCUT2D eigenvalue weighted by Gasteiger charge is -2.22. The van der Waals surface area contributed by atoms with Crippen LogP contribution in [0.4, 0.5) is 13.2 Å². The third-order valence-corrected chi connectivity index (χ3v) is 14.3. The average Bonchev–Trinajstić information content (AvgIpc) is 3.90. The van der Waals surface area contributed by atoms with E-state index < -0.39 is 11.7 Å². The van der Waals surface area contributed by atoms with Crippen LogP contribution in [0.25, 0.3) is 111 Å². The number of nitrogens with zero attached hydrogens (tertiary/aromatic N) is 3. The lowest BCUT2D eigenvalue weighted by molar-refractivity contribution is -0.137. The van der Waals surface area contributed by atoms with Gasteiger partial charge in [-0.25, -0.2) is 0 Å². The summed E-state index contributed by atoms with van der Waals surface area (Å²) in [6.45, 7) is 8.17. The molecule has 0 spiro atoms. The normalized spacial score (nSPS) is 11.8. The van der Waals surface area contributed by atoms with Gasteiger partial charge in [0, 0.05) is 27.1 Å². The van der Waals surface area contributed by atoms with Crippen molar-refractivity contribution in [2.24, 2.45) is 0 Å². The van der Waals surface area contributed by atoms with Crippen LogP contribution in [0.1, 0.15) is 33.4 Å². The number of halogens is 3. The Hall–Kier alpha value is -8.92. The molecular formula is C66H46F3N3. The van der Waals surface area contributed by atoms with E-state index in [-0.39, 0.29) is 5.69 Å². The minimum absolute atomic E-state index is 0.0211. The Bertz CT molecular complexity index is 3940. The Labute approximate surface area is 415 Å². The van der Waals surface area contributed by atoms with E-state index in [0.29, 0.717) is 33.4 Å². The van der Waals surface area contributed by atoms with Gasteiger partial charge >= 0.3 is 6.18 Å². The molecule has 0 fully saturated rings. The molecule has 12 aromatic rings. The van der Waals surface area contributed by atoms with Gasteiger partial charge in [0.25, 0.3) is 0 Å². The first-order chi connectivity index (χ1) is 34.9. The highest BCUT2D eigenvalue weighted by molar-refractivity contribution is 6.13. The summed E-state index contributed by atoms with van der Waals surface area (Å²) in [5.74, 6) is 0. The van der Waals surface area contributed by atoms with Crippen LogP contribution < -0.4 is 0 Å². The highest BCUT2D eigenvalue weighted by atomic mass is 19.4. The molecule has 10 aromatic carbocycles. The summed E-state index contributed by atoms with van der Waals surface area (Å²) in [5.41, 5.74) is 15.9. The number of nitriles is 1. The van der Waals surface area contributed by atoms with Crippen LogP contribution in [-0.2, 0) is 6.18 Å². The van der Waals surface area contributed by atoms with Crippen molar-refractivity contribution in [2.75, 3.05) is 0 Å². The van der Waals surface area contributed by atoms with E-state index in [0.717, 1.165) is 99.3 Å². The zero-order chi connectivity index (χ0) is 49.4. The fourth-order valence-electron chi connectivity index (χ4n) is 10.4. The number of aryl methyl sites for hydroxylation is 4. The molecule has 346 valence electrons. The molecule has 2 heterocycles. The summed E-state index contributed by atoms with van der Waals surface area (Å²) < 4.78 is 53.8. The predicted octanol–water partition coefficient (Wildman–Crippen LogP) is 18.3. The van der Waals surface area contributed by atoms with E-state index in [4.69, 9.17) is 0 Å². The van der Waals surface area contributed by atoms with Gasteiger partial charge in [0.2, 0.25) is 0 Å². The van der Waals surface area contributed by atoms with Gasteiger partial charge in [-0.1, -0.05) is 180 Å². The van der Waals surface area contributed by atoms with Crippen LogP contribution in [0.2, 0.25) is 0 Å². The molecule has 0 radical (unpaired) electrons. The molecule has 0 saturated carbocycles. The van der Waals surface area contributed by atoms with Crippen molar-refractivity contribution >= 4 is 43.6 Å². The van der Waals surface area contributed by atoms with Crippen LogP contribution >= 0.6 is 0 Å². The maximum absolute atomic E-state index is 16.7. The SMILES string of the molecule is Cc1ccc(-c2ccc3c4ccc(-c5ccc(C)cc5)cc4n(-c4cc(C(F)(F)F)c(-n5c6cc(-c7ccc(C)cc7)ccc6c6ccc(-c7ccc(C)cc7)cc65)cc4-c4cccc(C#N)c4)c3c2)cc1. The monoisotopic (exact) mass is 937 g/mol. The Balaban J connectivity index is 1.22. The van der Waals surface area contributed by atoms with E-state index in [1.807, 2.05) is 86.9 Å². The molecule has 0 saturated heterocycles. The molecule has 0 N–H and O–H groups in total. The summed E-state index contributed by atoms with van der Waals surface area (Å²) in [4.78, 5) is 0. The molecular weight excluding hydrogens is 892 g/mol. The molecule has 0 unspecified atom stereocenters. The van der Waals surface area contributed by atoms with Crippen LogP contribution in [0.3, 0.4) is 0 Å². The maximum atomic E-state index is 16.7. The van der Waals surface area contributed by atoms with Gasteiger partial charge in [-0.3, -0.25) is 0 Å². The van der Waals surface area contributed by atoms with Gasteiger partial charge in [-0.2, -0.15) is 18.4 Å². The third-order valence-electron chi connectivity index (χ3n) is 14.3. The quantitative estimate of drug-likeness (QED) is 0.157. The third kappa shape index (κ3) is 7.71. The molecule has 72 heavy (non-hydrogen) atoms. The first kappa shape index (κ1) is 44.3. The van der Waals surface area contributed by atoms with Crippen molar-refractivity contribution in [3.8, 4) is 73.1 Å². The summed E-state index contributed by atoms with van der Waals surface area (Å²) in [6.07, 6.45) is -4.82. The fraction of sp³-hybridized carbons (Fsp3) is 0.0758. The highest BCUT2D eigenvalue weighted by Gasteiger charge is 2.37. The van der Waals surface area contributed by atoms with Gasteiger partial charge in [-0.15, -0.1) is 0 Å². The van der Waals surface area contributed by atoms with Crippen molar-refractivity contribution in [1.82, 2.24) is 9.13 Å². The van der Waals surface area contributed by atoms with Crippen LogP contribution in [-0.4, -0.2) is 9.13 Å². The van der Waals surface area contributed by atoms with E-state index in [1.54, 1.807) is 28.8 Å². The number of alkyl halides is 3. The highest BCUT2D eigenvalue weighted by Crippen LogP contribution is 2.47. The smallest absolute Gasteiger partial charge is 0.309 e. The second kappa shape index (κ2) is 17.2. The summed E-state index contributed by atoms with van der Waals surface area (Å²) in [6, 6.07) is 70.2. The molecule has 6 heteroatoms. The number of hydrogen-bond donors (Lipinski definition) is 0. The van der Waals surface area contributed by atoms with Gasteiger partial charge in [0.1, 0.15) is 0 Å². The molecule has 2 aromatic heterocycles. The largest absolute Gasteiger partial charge is 0.418 e. The Kier molecular flexibility index (Phi) is 10.6. The number of benzene rings is 10. The van der Waals surface area contributed by atoms with Gasteiger partial charge in [0.05, 0.1) is 50.6 Å². The number of hydrogen-bond acceptors (Lipinski definition) is 1. The van der Waals surface area contributed by atoms with Gasteiger partial charge < -0.3 is 9.13 Å². The lowest BCUT2D eigenvalue weighted by atomic mass is 9.97. The fourth-order valence-corrected chi connectivity index (χ4v) is 10.4. The minimum atomic E-state index is -4.82. The van der Waals surface area contributed by atoms with Crippen molar-refractivity contribution < 1.29 is 13.2 Å². The van der Waals surface area contributed by atoms with Crippen LogP contribution in [0.15, 0.2) is 206 Å². The second-order valence-electron chi connectivity index (χ2n) is 19.1. The first-order valence-corrected chi connectivity index (χ1v) is 24.1. The van der Waals surface area contributed by atoms with Crippen LogP contribution in [0, 0.1) is 39.0 Å². The van der Waals surface area contributed by atoms with Crippen LogP contribution in [0.5, 0.6) is 0 Å². The first-order valence-electron chi connectivity index (χ1n) is 24.1. The zero-order valence-electron chi connectivity index (χ0n) is 40.1. The molecule has 0 aliphatic carbocycles. The molecule has 0 aliphatic heterocycles. The standard InChI is InChI=1S/C66H46F3N3/c1-40-8-16-45(17-9-40)49-24-28-54-55-29-25-50(46-18-10-41(2)11-19-46)34-61(55)71(60(54)33-49)64-38-59(66(67,68)69)65(37-58(64)53-7-5-6-44(32-53)39-70)72-62-35-51(47-20-12-42(3)13-21-47)26-30-56(62)57-31-27-52(36-63(57)72)48-22-14-43(4)15-23-48/h5-38H,1-4H3. The molecule has 0 aliphatic rings. The zero-order valence-corrected chi connectivity index (χ0v) is 40.1. The van der Waals surface area contributed by atoms with Gasteiger partial charge in [0.15, 0.2) is 0 Å². The maximum Gasteiger partial charge on any atom is 0.418 e. The molecule has 0 atom stereocenters. The molecule has 0 amide bonds. The Morgan fingerprint density at radius 3 is 1.01 bits per heavy atom. The lowest BCUT2D eigenvalue weighted by Crippen LogP contribution is -2.13. The predicted molar refractivity (Wildman–Crippen MR) is 291 cm³/mol. The Morgan fingerprint density at radius 1 is 0.347 bits per heavy atom. The van der Waals surface area contributed by atoms with Crippen molar-refractivity contribution in [1.29, 1.82) is 5.26 Å². The van der Waals surface area contributed by atoms with E-state index >= 15 is 13.2 Å². The molecule has 12 rings (SSSR count). The molecule has 3 nitrogen and oxygen atoms in total. The summed E-state index contributed by atoms with van der Waals surface area (Å²) in [5, 5.41) is 13.8.